The van der Waals surface area contributed by atoms with E-state index in [0.29, 0.717) is 0 Å². The van der Waals surface area contributed by atoms with Crippen LogP contribution in [0.25, 0.3) is 0 Å². The Morgan fingerprint density at radius 1 is 1.56 bits per heavy atom. The molecule has 0 radical (unpaired) electrons. The molecule has 16 heavy (non-hydrogen) atoms. The van der Waals surface area contributed by atoms with E-state index in [4.69, 9.17) is 5.11 Å². The Hall–Kier alpha value is -1.74. The second-order valence-corrected chi connectivity index (χ2v) is 3.19. The summed E-state index contributed by atoms with van der Waals surface area (Å²) in [4.78, 5) is 24.6. The Morgan fingerprint density at radius 3 is 2.94 bits per heavy atom. The Morgan fingerprint density at radius 2 is 2.31 bits per heavy atom. The average molecular weight is 245 g/mol. The highest BCUT2D eigenvalue weighted by Crippen LogP contribution is 1.86. The lowest BCUT2D eigenvalue weighted by molar-refractivity contribution is -0.119. The molecular weight excluding hydrogens is 234 g/mol. The van der Waals surface area contributed by atoms with Crippen molar-refractivity contribution in [3.63, 3.8) is 0 Å². The standard InChI is InChI=1S/C7H11N5O3S/c13-2-1-8-4(14)3-9-5-6(15)10-7(16)12-11-5/h13H,1-3H2,(H,8,14)(H,9,11)(H2,10,12,15,16). The minimum Gasteiger partial charge on any atom is -0.395 e. The minimum atomic E-state index is -0.501. The van der Waals surface area contributed by atoms with Gasteiger partial charge < -0.3 is 15.7 Å². The van der Waals surface area contributed by atoms with Crippen molar-refractivity contribution in [3.05, 3.63) is 15.1 Å². The van der Waals surface area contributed by atoms with E-state index in [-0.39, 0.29) is 36.2 Å². The maximum absolute atomic E-state index is 11.2. The smallest absolute Gasteiger partial charge is 0.294 e. The van der Waals surface area contributed by atoms with Gasteiger partial charge in [0.1, 0.15) is 0 Å². The van der Waals surface area contributed by atoms with Gasteiger partial charge >= 0.3 is 0 Å². The molecule has 0 aromatic carbocycles. The van der Waals surface area contributed by atoms with Crippen LogP contribution in [0, 0.1) is 4.77 Å². The van der Waals surface area contributed by atoms with Gasteiger partial charge in [-0.2, -0.15) is 0 Å². The normalized spacial score (nSPS) is 9.81. The first-order chi connectivity index (χ1) is 7.63. The second kappa shape index (κ2) is 5.98. The summed E-state index contributed by atoms with van der Waals surface area (Å²) in [5.74, 6) is -0.370. The monoisotopic (exact) mass is 245 g/mol. The fraction of sp³-hybridized carbons (Fsp3) is 0.429. The first-order valence-corrected chi connectivity index (χ1v) is 4.84. The first kappa shape index (κ1) is 12.3. The molecular formula is C7H11N5O3S. The fourth-order valence-corrected chi connectivity index (χ4v) is 1.03. The van der Waals surface area contributed by atoms with Crippen LogP contribution in [0.5, 0.6) is 0 Å². The van der Waals surface area contributed by atoms with Crippen LogP contribution in [-0.2, 0) is 4.79 Å². The molecule has 1 amide bonds. The van der Waals surface area contributed by atoms with Gasteiger partial charge in [0.05, 0.1) is 13.2 Å². The maximum Gasteiger partial charge on any atom is 0.294 e. The van der Waals surface area contributed by atoms with Gasteiger partial charge in [-0.1, -0.05) is 0 Å². The number of nitrogens with one attached hydrogen (secondary N) is 4. The van der Waals surface area contributed by atoms with Gasteiger partial charge in [-0.3, -0.25) is 19.7 Å². The number of rotatable bonds is 5. The van der Waals surface area contributed by atoms with Crippen LogP contribution in [0.3, 0.4) is 0 Å². The number of aromatic amines is 2. The molecule has 0 aliphatic heterocycles. The molecule has 9 heteroatoms. The van der Waals surface area contributed by atoms with Gasteiger partial charge in [0.2, 0.25) is 11.7 Å². The third-order valence-electron chi connectivity index (χ3n) is 1.56. The Kier molecular flexibility index (Phi) is 4.61. The van der Waals surface area contributed by atoms with Gasteiger partial charge in [0.25, 0.3) is 5.56 Å². The zero-order valence-electron chi connectivity index (χ0n) is 8.24. The molecule has 0 aliphatic carbocycles. The molecule has 8 nitrogen and oxygen atoms in total. The first-order valence-electron chi connectivity index (χ1n) is 4.44. The molecule has 1 aromatic rings. The predicted octanol–water partition coefficient (Wildman–Crippen LogP) is -1.65. The van der Waals surface area contributed by atoms with Gasteiger partial charge in [0.15, 0.2) is 4.77 Å². The van der Waals surface area contributed by atoms with Gasteiger partial charge in [-0.25, -0.2) is 0 Å². The van der Waals surface area contributed by atoms with E-state index in [1.165, 1.54) is 0 Å². The number of aromatic nitrogens is 3. The lowest BCUT2D eigenvalue weighted by Crippen LogP contribution is -2.33. The van der Waals surface area contributed by atoms with Crippen molar-refractivity contribution in [3.8, 4) is 0 Å². The molecule has 0 saturated carbocycles. The predicted molar refractivity (Wildman–Crippen MR) is 58.6 cm³/mol. The molecule has 88 valence electrons. The van der Waals surface area contributed by atoms with E-state index in [0.717, 1.165) is 0 Å². The molecule has 0 atom stereocenters. The number of carbonyl (C=O) groups excluding carboxylic acids is 1. The number of H-pyrrole nitrogens is 2. The van der Waals surface area contributed by atoms with E-state index in [9.17, 15) is 9.59 Å². The van der Waals surface area contributed by atoms with Crippen LogP contribution >= 0.6 is 12.2 Å². The lowest BCUT2D eigenvalue weighted by atomic mass is 10.5. The molecule has 0 spiro atoms. The summed E-state index contributed by atoms with van der Waals surface area (Å²) in [5.41, 5.74) is -0.501. The molecule has 0 unspecified atom stereocenters. The van der Waals surface area contributed by atoms with E-state index >= 15 is 0 Å². The number of hydrogen-bond donors (Lipinski definition) is 5. The van der Waals surface area contributed by atoms with E-state index < -0.39 is 5.56 Å². The van der Waals surface area contributed by atoms with E-state index in [1.54, 1.807) is 0 Å². The number of amides is 1. The molecule has 0 aliphatic rings. The molecule has 0 fully saturated rings. The SMILES string of the molecule is O=C(CNc1n[nH]c(=S)[nH]c1=O)NCCO. The summed E-state index contributed by atoms with van der Waals surface area (Å²) in [6.07, 6.45) is 0. The summed E-state index contributed by atoms with van der Waals surface area (Å²) in [6.45, 7) is -0.0782. The highest BCUT2D eigenvalue weighted by molar-refractivity contribution is 7.71. The number of anilines is 1. The molecule has 1 rings (SSSR count). The summed E-state index contributed by atoms with van der Waals surface area (Å²) in [6, 6.07) is 0. The number of aliphatic hydroxyl groups is 1. The Labute approximate surface area is 95.1 Å². The third-order valence-corrected chi connectivity index (χ3v) is 1.76. The van der Waals surface area contributed by atoms with Crippen molar-refractivity contribution in [2.75, 3.05) is 25.0 Å². The summed E-state index contributed by atoms with van der Waals surface area (Å²) in [7, 11) is 0. The van der Waals surface area contributed by atoms with Gasteiger partial charge in [-0.05, 0) is 12.2 Å². The van der Waals surface area contributed by atoms with Crippen LogP contribution in [0.4, 0.5) is 5.82 Å². The largest absolute Gasteiger partial charge is 0.395 e. The van der Waals surface area contributed by atoms with Crippen molar-refractivity contribution in [2.24, 2.45) is 0 Å². The van der Waals surface area contributed by atoms with Gasteiger partial charge in [-0.15, -0.1) is 5.10 Å². The molecule has 5 N–H and O–H groups in total. The lowest BCUT2D eigenvalue weighted by Gasteiger charge is -2.04. The van der Waals surface area contributed by atoms with Gasteiger partial charge in [0, 0.05) is 6.54 Å². The van der Waals surface area contributed by atoms with E-state index in [2.05, 4.69) is 38.0 Å². The highest BCUT2D eigenvalue weighted by Gasteiger charge is 2.03. The van der Waals surface area contributed by atoms with Crippen LogP contribution < -0.4 is 16.2 Å². The fourth-order valence-electron chi connectivity index (χ4n) is 0.889. The quantitative estimate of drug-likeness (QED) is 0.396. The number of nitrogens with zero attached hydrogens (tertiary/aromatic N) is 1. The molecule has 0 saturated heterocycles. The summed E-state index contributed by atoms with van der Waals surface area (Å²) in [5, 5.41) is 19.4. The van der Waals surface area contributed by atoms with Crippen LogP contribution in [0.2, 0.25) is 0 Å². The number of aliphatic hydroxyl groups excluding tert-OH is 1. The highest BCUT2D eigenvalue weighted by atomic mass is 32.1. The minimum absolute atomic E-state index is 0.0206. The zero-order chi connectivity index (χ0) is 12.0. The maximum atomic E-state index is 11.2. The number of carbonyl (C=O) groups is 1. The topological polar surface area (TPSA) is 123 Å². The van der Waals surface area contributed by atoms with Crippen molar-refractivity contribution in [2.45, 2.75) is 0 Å². The van der Waals surface area contributed by atoms with Crippen LogP contribution in [0.15, 0.2) is 4.79 Å². The molecule has 0 bridgehead atoms. The van der Waals surface area contributed by atoms with Crippen LogP contribution in [-0.4, -0.2) is 45.9 Å². The number of hydrogen-bond acceptors (Lipinski definition) is 6. The summed E-state index contributed by atoms with van der Waals surface area (Å²) < 4.78 is 0.111. The van der Waals surface area contributed by atoms with Crippen molar-refractivity contribution in [1.29, 1.82) is 0 Å². The Bertz CT molecular complexity index is 468. The second-order valence-electron chi connectivity index (χ2n) is 2.78. The Balaban J connectivity index is 2.52. The van der Waals surface area contributed by atoms with E-state index in [1.807, 2.05) is 0 Å². The summed E-state index contributed by atoms with van der Waals surface area (Å²) >= 11 is 4.64. The van der Waals surface area contributed by atoms with Crippen LogP contribution in [0.1, 0.15) is 0 Å². The van der Waals surface area contributed by atoms with Crippen molar-refractivity contribution >= 4 is 23.9 Å². The molecule has 1 heterocycles. The average Bonchev–Trinajstić information content (AvgIpc) is 2.25. The van der Waals surface area contributed by atoms with Crippen molar-refractivity contribution in [1.82, 2.24) is 20.5 Å². The zero-order valence-corrected chi connectivity index (χ0v) is 9.06. The third kappa shape index (κ3) is 3.79. The van der Waals surface area contributed by atoms with Crippen molar-refractivity contribution < 1.29 is 9.90 Å². The molecule has 1 aromatic heterocycles.